The average molecular weight is 351 g/mol. The van der Waals surface area contributed by atoms with Crippen molar-refractivity contribution in [2.45, 2.75) is 25.4 Å². The summed E-state index contributed by atoms with van der Waals surface area (Å²) in [6, 6.07) is 7.76. The number of nitrogens with zero attached hydrogens (tertiary/aromatic N) is 1. The molecule has 1 heterocycles. The van der Waals surface area contributed by atoms with Crippen molar-refractivity contribution in [1.82, 2.24) is 4.98 Å². The van der Waals surface area contributed by atoms with Gasteiger partial charge in [0.05, 0.1) is 17.4 Å². The Morgan fingerprint density at radius 3 is 2.20 bits per heavy atom. The van der Waals surface area contributed by atoms with Crippen molar-refractivity contribution in [1.29, 1.82) is 0 Å². The minimum atomic E-state index is -4.47. The summed E-state index contributed by atoms with van der Waals surface area (Å²) in [5.41, 5.74) is -0.207. The number of hydrogen-bond donors (Lipinski definition) is 2. The summed E-state index contributed by atoms with van der Waals surface area (Å²) < 4.78 is 37.8. The number of amides is 2. The quantitative estimate of drug-likeness (QED) is 0.830. The van der Waals surface area contributed by atoms with Crippen molar-refractivity contribution in [3.05, 3.63) is 54.4 Å². The third-order valence-corrected chi connectivity index (χ3v) is 3.23. The Morgan fingerprint density at radius 1 is 0.960 bits per heavy atom. The molecule has 0 radical (unpaired) electrons. The summed E-state index contributed by atoms with van der Waals surface area (Å²) in [4.78, 5) is 27.3. The lowest BCUT2D eigenvalue weighted by Crippen LogP contribution is -2.15. The van der Waals surface area contributed by atoms with Gasteiger partial charge in [-0.1, -0.05) is 6.07 Å². The van der Waals surface area contributed by atoms with Crippen LogP contribution in [0.15, 0.2) is 48.8 Å². The van der Waals surface area contributed by atoms with Gasteiger partial charge in [0.15, 0.2) is 0 Å². The SMILES string of the molecule is O=C(CCCC(=O)Nc1cccc(C(F)(F)F)c1)Nc1cccnc1. The van der Waals surface area contributed by atoms with E-state index in [4.69, 9.17) is 0 Å². The van der Waals surface area contributed by atoms with Gasteiger partial charge in [-0.15, -0.1) is 0 Å². The molecule has 0 saturated carbocycles. The fraction of sp³-hybridized carbons (Fsp3) is 0.235. The minimum absolute atomic E-state index is 0.0245. The maximum atomic E-state index is 12.6. The van der Waals surface area contributed by atoms with Crippen molar-refractivity contribution >= 4 is 23.2 Å². The molecule has 132 valence electrons. The van der Waals surface area contributed by atoms with Gasteiger partial charge in [0, 0.05) is 24.7 Å². The van der Waals surface area contributed by atoms with Crippen molar-refractivity contribution in [3.8, 4) is 0 Å². The van der Waals surface area contributed by atoms with E-state index in [0.29, 0.717) is 5.69 Å². The molecule has 0 aliphatic rings. The molecule has 0 fully saturated rings. The molecule has 2 rings (SSSR count). The third-order valence-electron chi connectivity index (χ3n) is 3.23. The molecule has 5 nitrogen and oxygen atoms in total. The van der Waals surface area contributed by atoms with Crippen molar-refractivity contribution < 1.29 is 22.8 Å². The number of carbonyl (C=O) groups excluding carboxylic acids is 2. The zero-order valence-corrected chi connectivity index (χ0v) is 13.1. The van der Waals surface area contributed by atoms with E-state index in [0.717, 1.165) is 12.1 Å². The second-order valence-corrected chi connectivity index (χ2v) is 5.27. The van der Waals surface area contributed by atoms with Crippen LogP contribution in [0.3, 0.4) is 0 Å². The second kappa shape index (κ2) is 8.27. The molecular formula is C17H16F3N3O2. The molecule has 0 aliphatic carbocycles. The number of hydrogen-bond acceptors (Lipinski definition) is 3. The Kier molecular flexibility index (Phi) is 6.10. The molecule has 2 N–H and O–H groups in total. The van der Waals surface area contributed by atoms with Gasteiger partial charge in [-0.25, -0.2) is 0 Å². The highest BCUT2D eigenvalue weighted by Gasteiger charge is 2.30. The van der Waals surface area contributed by atoms with E-state index in [1.165, 1.54) is 18.3 Å². The molecule has 0 aliphatic heterocycles. The van der Waals surface area contributed by atoms with E-state index >= 15 is 0 Å². The maximum Gasteiger partial charge on any atom is 0.416 e. The minimum Gasteiger partial charge on any atom is -0.326 e. The molecule has 0 bridgehead atoms. The predicted molar refractivity (Wildman–Crippen MR) is 86.8 cm³/mol. The number of aromatic nitrogens is 1. The van der Waals surface area contributed by atoms with Crippen LogP contribution in [0.1, 0.15) is 24.8 Å². The first kappa shape index (κ1) is 18.4. The van der Waals surface area contributed by atoms with Crippen LogP contribution in [0.5, 0.6) is 0 Å². The van der Waals surface area contributed by atoms with Gasteiger partial charge in [0.2, 0.25) is 11.8 Å². The zero-order chi connectivity index (χ0) is 18.3. The molecular weight excluding hydrogens is 335 g/mol. The van der Waals surface area contributed by atoms with E-state index in [9.17, 15) is 22.8 Å². The number of nitrogens with one attached hydrogen (secondary N) is 2. The molecule has 8 heteroatoms. The smallest absolute Gasteiger partial charge is 0.326 e. The van der Waals surface area contributed by atoms with E-state index in [1.807, 2.05) is 0 Å². The molecule has 2 amide bonds. The Balaban J connectivity index is 1.76. The molecule has 0 unspecified atom stereocenters. The van der Waals surface area contributed by atoms with Crippen molar-refractivity contribution in [2.75, 3.05) is 10.6 Å². The topological polar surface area (TPSA) is 71.1 Å². The number of pyridine rings is 1. The molecule has 0 spiro atoms. The van der Waals surface area contributed by atoms with Gasteiger partial charge >= 0.3 is 6.18 Å². The summed E-state index contributed by atoms with van der Waals surface area (Å²) in [5, 5.41) is 5.03. The molecule has 0 saturated heterocycles. The first-order chi connectivity index (χ1) is 11.8. The lowest BCUT2D eigenvalue weighted by Gasteiger charge is -2.10. The molecule has 25 heavy (non-hydrogen) atoms. The van der Waals surface area contributed by atoms with Crippen LogP contribution in [0, 0.1) is 0 Å². The van der Waals surface area contributed by atoms with E-state index in [2.05, 4.69) is 15.6 Å². The normalized spacial score (nSPS) is 11.0. The summed E-state index contributed by atoms with van der Waals surface area (Å²) in [6.45, 7) is 0. The molecule has 1 aromatic carbocycles. The van der Waals surface area contributed by atoms with Gasteiger partial charge in [0.1, 0.15) is 0 Å². The highest BCUT2D eigenvalue weighted by Crippen LogP contribution is 2.30. The molecule has 2 aromatic rings. The Morgan fingerprint density at radius 2 is 1.60 bits per heavy atom. The first-order valence-electron chi connectivity index (χ1n) is 7.51. The average Bonchev–Trinajstić information content (AvgIpc) is 2.55. The second-order valence-electron chi connectivity index (χ2n) is 5.27. The lowest BCUT2D eigenvalue weighted by molar-refractivity contribution is -0.137. The van der Waals surface area contributed by atoms with Crippen LogP contribution in [0.4, 0.5) is 24.5 Å². The van der Waals surface area contributed by atoms with Crippen molar-refractivity contribution in [3.63, 3.8) is 0 Å². The number of rotatable bonds is 6. The summed E-state index contributed by atoms with van der Waals surface area (Å²) in [7, 11) is 0. The number of halogens is 3. The number of carbonyl (C=O) groups is 2. The zero-order valence-electron chi connectivity index (χ0n) is 13.1. The van der Waals surface area contributed by atoms with E-state index < -0.39 is 17.6 Å². The van der Waals surface area contributed by atoms with Crippen molar-refractivity contribution in [2.24, 2.45) is 0 Å². The standard InChI is InChI=1S/C17H16F3N3O2/c18-17(19,20)12-4-1-5-13(10-12)22-15(24)7-2-8-16(25)23-14-6-3-9-21-11-14/h1,3-6,9-11H,2,7-8H2,(H,22,24)(H,23,25). The van der Waals surface area contributed by atoms with Crippen LogP contribution in [-0.4, -0.2) is 16.8 Å². The van der Waals surface area contributed by atoms with E-state index in [1.54, 1.807) is 18.3 Å². The number of alkyl halides is 3. The highest BCUT2D eigenvalue weighted by molar-refractivity contribution is 5.92. The maximum absolute atomic E-state index is 12.6. The molecule has 0 atom stereocenters. The van der Waals surface area contributed by atoms with Crippen LogP contribution in [0.2, 0.25) is 0 Å². The van der Waals surface area contributed by atoms with Crippen LogP contribution < -0.4 is 10.6 Å². The largest absolute Gasteiger partial charge is 0.416 e. The first-order valence-corrected chi connectivity index (χ1v) is 7.51. The van der Waals surface area contributed by atoms with Gasteiger partial charge in [0.25, 0.3) is 0 Å². The monoisotopic (exact) mass is 351 g/mol. The van der Waals surface area contributed by atoms with Crippen LogP contribution in [-0.2, 0) is 15.8 Å². The van der Waals surface area contributed by atoms with Crippen LogP contribution >= 0.6 is 0 Å². The summed E-state index contributed by atoms with van der Waals surface area (Å²) >= 11 is 0. The summed E-state index contributed by atoms with van der Waals surface area (Å²) in [6.07, 6.45) is -0.977. The Hall–Kier alpha value is -2.90. The fourth-order valence-electron chi connectivity index (χ4n) is 2.07. The lowest BCUT2D eigenvalue weighted by atomic mass is 10.2. The van der Waals surface area contributed by atoms with Gasteiger partial charge < -0.3 is 10.6 Å². The van der Waals surface area contributed by atoms with Crippen LogP contribution in [0.25, 0.3) is 0 Å². The Bertz CT molecular complexity index is 733. The van der Waals surface area contributed by atoms with E-state index in [-0.39, 0.29) is 30.9 Å². The Labute approximate surface area is 142 Å². The van der Waals surface area contributed by atoms with Gasteiger partial charge in [-0.3, -0.25) is 14.6 Å². The number of anilines is 2. The number of benzene rings is 1. The third kappa shape index (κ3) is 6.25. The van der Waals surface area contributed by atoms with Gasteiger partial charge in [-0.2, -0.15) is 13.2 Å². The summed E-state index contributed by atoms with van der Waals surface area (Å²) in [5.74, 6) is -0.714. The predicted octanol–water partition coefficient (Wildman–Crippen LogP) is 3.85. The fourth-order valence-corrected chi connectivity index (χ4v) is 2.07. The highest BCUT2D eigenvalue weighted by atomic mass is 19.4. The molecule has 1 aromatic heterocycles. The van der Waals surface area contributed by atoms with Gasteiger partial charge in [-0.05, 0) is 36.8 Å².